The van der Waals surface area contributed by atoms with Gasteiger partial charge >= 0.3 is 0 Å². The Hall–Kier alpha value is -0.300. The standard InChI is InChI=1S/C8H15N.C2H6/c1-7-2-4-8(6-9)5-3-7;1-2/h2,8H,3-6,9H2,1H3;1-2H3. The second-order valence-corrected chi connectivity index (χ2v) is 2.93. The van der Waals surface area contributed by atoms with Gasteiger partial charge in [-0.1, -0.05) is 25.5 Å². The number of hydrogen-bond acceptors (Lipinski definition) is 1. The summed E-state index contributed by atoms with van der Waals surface area (Å²) in [4.78, 5) is 0. The number of nitrogens with two attached hydrogens (primary N) is 1. The molecule has 0 spiro atoms. The van der Waals surface area contributed by atoms with Crippen molar-refractivity contribution in [2.75, 3.05) is 6.54 Å². The van der Waals surface area contributed by atoms with Gasteiger partial charge in [-0.25, -0.2) is 0 Å². The summed E-state index contributed by atoms with van der Waals surface area (Å²) in [5.74, 6) is 0.772. The molecule has 0 saturated carbocycles. The molecule has 1 heteroatoms. The van der Waals surface area contributed by atoms with Gasteiger partial charge in [-0.15, -0.1) is 0 Å². The van der Waals surface area contributed by atoms with E-state index < -0.39 is 0 Å². The lowest BCUT2D eigenvalue weighted by atomic mass is 9.91. The minimum absolute atomic E-state index is 0.772. The zero-order chi connectivity index (χ0) is 8.69. The monoisotopic (exact) mass is 155 g/mol. The van der Waals surface area contributed by atoms with Crippen LogP contribution in [0.3, 0.4) is 0 Å². The first-order chi connectivity index (χ1) is 5.33. The van der Waals surface area contributed by atoms with E-state index in [1.165, 1.54) is 19.3 Å². The molecule has 0 aliphatic heterocycles. The van der Waals surface area contributed by atoms with Gasteiger partial charge in [-0.2, -0.15) is 0 Å². The molecule has 0 fully saturated rings. The van der Waals surface area contributed by atoms with Gasteiger partial charge in [0.1, 0.15) is 0 Å². The maximum absolute atomic E-state index is 5.52. The van der Waals surface area contributed by atoms with E-state index in [9.17, 15) is 0 Å². The molecule has 0 aromatic heterocycles. The van der Waals surface area contributed by atoms with E-state index in [0.717, 1.165) is 12.5 Å². The minimum Gasteiger partial charge on any atom is -0.330 e. The summed E-state index contributed by atoms with van der Waals surface area (Å²) in [5, 5.41) is 0. The van der Waals surface area contributed by atoms with Crippen molar-refractivity contribution >= 4 is 0 Å². The number of rotatable bonds is 1. The van der Waals surface area contributed by atoms with Crippen LogP contribution in [0.15, 0.2) is 11.6 Å². The smallest absolute Gasteiger partial charge is 0.00458 e. The molecule has 1 unspecified atom stereocenters. The summed E-state index contributed by atoms with van der Waals surface area (Å²) in [7, 11) is 0. The average molecular weight is 155 g/mol. The molecule has 66 valence electrons. The molecule has 0 aromatic carbocycles. The predicted molar refractivity (Wildman–Crippen MR) is 51.5 cm³/mol. The molecule has 0 amide bonds. The number of hydrogen-bond donors (Lipinski definition) is 1. The largest absolute Gasteiger partial charge is 0.330 e. The van der Waals surface area contributed by atoms with Gasteiger partial charge < -0.3 is 5.73 Å². The van der Waals surface area contributed by atoms with E-state index in [2.05, 4.69) is 13.0 Å². The van der Waals surface area contributed by atoms with Gasteiger partial charge in [-0.3, -0.25) is 0 Å². The summed E-state index contributed by atoms with van der Waals surface area (Å²) < 4.78 is 0. The fourth-order valence-corrected chi connectivity index (χ4v) is 1.23. The third-order valence-corrected chi connectivity index (χ3v) is 2.08. The molecule has 0 bridgehead atoms. The summed E-state index contributed by atoms with van der Waals surface area (Å²) in [6.07, 6.45) is 6.10. The second-order valence-electron chi connectivity index (χ2n) is 2.93. The Bertz CT molecular complexity index is 116. The highest BCUT2D eigenvalue weighted by Crippen LogP contribution is 2.21. The van der Waals surface area contributed by atoms with Crippen molar-refractivity contribution in [2.45, 2.75) is 40.0 Å². The van der Waals surface area contributed by atoms with Gasteiger partial charge in [0.25, 0.3) is 0 Å². The SMILES string of the molecule is CC.CC1=CCC(CN)CC1. The van der Waals surface area contributed by atoms with Crippen molar-refractivity contribution in [3.8, 4) is 0 Å². The topological polar surface area (TPSA) is 26.0 Å². The molecular weight excluding hydrogens is 134 g/mol. The van der Waals surface area contributed by atoms with Gasteiger partial charge in [0.2, 0.25) is 0 Å². The Morgan fingerprint density at radius 3 is 2.55 bits per heavy atom. The molecule has 1 atom stereocenters. The quantitative estimate of drug-likeness (QED) is 0.579. The van der Waals surface area contributed by atoms with Crippen molar-refractivity contribution in [1.29, 1.82) is 0 Å². The Balaban J connectivity index is 0.000000461. The van der Waals surface area contributed by atoms with E-state index in [1.54, 1.807) is 5.57 Å². The van der Waals surface area contributed by atoms with Crippen LogP contribution < -0.4 is 5.73 Å². The average Bonchev–Trinajstić information content (AvgIpc) is 2.10. The van der Waals surface area contributed by atoms with Crippen LogP contribution in [0.4, 0.5) is 0 Å². The molecule has 0 radical (unpaired) electrons. The van der Waals surface area contributed by atoms with Crippen LogP contribution in [0.1, 0.15) is 40.0 Å². The van der Waals surface area contributed by atoms with Crippen LogP contribution in [0.5, 0.6) is 0 Å². The van der Waals surface area contributed by atoms with Gasteiger partial charge in [0.05, 0.1) is 0 Å². The Kier molecular flexibility index (Phi) is 6.24. The van der Waals surface area contributed by atoms with E-state index >= 15 is 0 Å². The summed E-state index contributed by atoms with van der Waals surface area (Å²) in [5.41, 5.74) is 7.06. The molecule has 1 aliphatic rings. The number of allylic oxidation sites excluding steroid dienone is 2. The molecule has 1 rings (SSSR count). The summed E-state index contributed by atoms with van der Waals surface area (Å²) in [6, 6.07) is 0. The van der Waals surface area contributed by atoms with Gasteiger partial charge in [-0.05, 0) is 38.6 Å². The Labute approximate surface area is 70.7 Å². The first-order valence-corrected chi connectivity index (χ1v) is 4.68. The minimum atomic E-state index is 0.772. The van der Waals surface area contributed by atoms with Crippen LogP contribution in [0, 0.1) is 5.92 Å². The zero-order valence-corrected chi connectivity index (χ0v) is 8.06. The maximum Gasteiger partial charge on any atom is -0.00458 e. The molecule has 0 heterocycles. The van der Waals surface area contributed by atoms with Crippen molar-refractivity contribution < 1.29 is 0 Å². The molecular formula is C10H21N. The van der Waals surface area contributed by atoms with Crippen LogP contribution in [0.2, 0.25) is 0 Å². The van der Waals surface area contributed by atoms with Crippen LogP contribution in [0.25, 0.3) is 0 Å². The highest BCUT2D eigenvalue weighted by molar-refractivity contribution is 5.02. The van der Waals surface area contributed by atoms with E-state index in [-0.39, 0.29) is 0 Å². The molecule has 1 nitrogen and oxygen atoms in total. The van der Waals surface area contributed by atoms with Crippen LogP contribution >= 0.6 is 0 Å². The lowest BCUT2D eigenvalue weighted by molar-refractivity contribution is 0.480. The van der Waals surface area contributed by atoms with Crippen molar-refractivity contribution in [3.63, 3.8) is 0 Å². The highest BCUT2D eigenvalue weighted by Gasteiger charge is 2.09. The normalized spacial score (nSPS) is 23.3. The molecule has 2 N–H and O–H groups in total. The van der Waals surface area contributed by atoms with E-state index in [0.29, 0.717) is 0 Å². The first kappa shape index (κ1) is 10.7. The van der Waals surface area contributed by atoms with Crippen LogP contribution in [-0.4, -0.2) is 6.54 Å². The van der Waals surface area contributed by atoms with Crippen LogP contribution in [-0.2, 0) is 0 Å². The van der Waals surface area contributed by atoms with Gasteiger partial charge in [0, 0.05) is 0 Å². The molecule has 1 aliphatic carbocycles. The molecule has 11 heavy (non-hydrogen) atoms. The fourth-order valence-electron chi connectivity index (χ4n) is 1.23. The summed E-state index contributed by atoms with van der Waals surface area (Å²) >= 11 is 0. The lowest BCUT2D eigenvalue weighted by Gasteiger charge is -2.17. The highest BCUT2D eigenvalue weighted by atomic mass is 14.5. The van der Waals surface area contributed by atoms with Crippen molar-refractivity contribution in [2.24, 2.45) is 11.7 Å². The Morgan fingerprint density at radius 1 is 1.55 bits per heavy atom. The van der Waals surface area contributed by atoms with Crippen molar-refractivity contribution in [1.82, 2.24) is 0 Å². The third-order valence-electron chi connectivity index (χ3n) is 2.08. The van der Waals surface area contributed by atoms with Crippen molar-refractivity contribution in [3.05, 3.63) is 11.6 Å². The predicted octanol–water partition coefficient (Wildman–Crippen LogP) is 2.72. The Morgan fingerprint density at radius 2 is 2.18 bits per heavy atom. The first-order valence-electron chi connectivity index (χ1n) is 4.68. The van der Waals surface area contributed by atoms with E-state index in [4.69, 9.17) is 5.73 Å². The summed E-state index contributed by atoms with van der Waals surface area (Å²) in [6.45, 7) is 7.07. The molecule has 0 saturated heterocycles. The van der Waals surface area contributed by atoms with E-state index in [1.807, 2.05) is 13.8 Å². The second kappa shape index (κ2) is 6.41. The molecule has 0 aromatic rings. The lowest BCUT2D eigenvalue weighted by Crippen LogP contribution is -2.15. The van der Waals surface area contributed by atoms with Gasteiger partial charge in [0.15, 0.2) is 0 Å². The maximum atomic E-state index is 5.52. The third kappa shape index (κ3) is 4.20. The fraction of sp³-hybridized carbons (Fsp3) is 0.800. The zero-order valence-electron chi connectivity index (χ0n) is 8.06.